The summed E-state index contributed by atoms with van der Waals surface area (Å²) in [5.41, 5.74) is 6.53. The van der Waals surface area contributed by atoms with Crippen molar-refractivity contribution in [3.05, 3.63) is 21.4 Å². The predicted molar refractivity (Wildman–Crippen MR) is 76.3 cm³/mol. The zero-order chi connectivity index (χ0) is 13.8. The van der Waals surface area contributed by atoms with Crippen LogP contribution in [0.15, 0.2) is 6.07 Å². The average Bonchev–Trinajstić information content (AvgIpc) is 2.93. The summed E-state index contributed by atoms with van der Waals surface area (Å²) in [6.45, 7) is 2.68. The molecule has 1 aromatic rings. The second-order valence-electron chi connectivity index (χ2n) is 4.96. The number of fused-ring (bicyclic) bond motifs is 1. The quantitative estimate of drug-likeness (QED) is 0.866. The third-order valence-corrected chi connectivity index (χ3v) is 4.60. The molecular formula is C14H20N2O2S. The van der Waals surface area contributed by atoms with Crippen LogP contribution in [0.3, 0.4) is 0 Å². The fourth-order valence-corrected chi connectivity index (χ4v) is 3.60. The maximum absolute atomic E-state index is 12.4. The normalized spacial score (nSPS) is 13.3. The second-order valence-corrected chi connectivity index (χ2v) is 6.10. The molecule has 1 heterocycles. The number of carbonyl (C=O) groups excluding carboxylic acids is 2. The van der Waals surface area contributed by atoms with E-state index >= 15 is 0 Å². The molecule has 1 aliphatic carbocycles. The standard InChI is InChI=1S/C14H20N2O2S/c1-2-3-7-16(9-13(15)17)14(18)12-8-10-5-4-6-11(10)19-12/h8H,2-7,9H2,1H3,(H2,15,17). The van der Waals surface area contributed by atoms with E-state index in [9.17, 15) is 9.59 Å². The Kier molecular flexibility index (Phi) is 4.58. The van der Waals surface area contributed by atoms with Gasteiger partial charge in [0.2, 0.25) is 5.91 Å². The number of hydrogen-bond donors (Lipinski definition) is 1. The highest BCUT2D eigenvalue weighted by atomic mass is 32.1. The van der Waals surface area contributed by atoms with E-state index in [1.807, 2.05) is 6.07 Å². The van der Waals surface area contributed by atoms with Crippen molar-refractivity contribution in [3.63, 3.8) is 0 Å². The van der Waals surface area contributed by atoms with Crippen LogP contribution >= 0.6 is 11.3 Å². The van der Waals surface area contributed by atoms with Crippen molar-refractivity contribution in [1.82, 2.24) is 4.90 Å². The number of nitrogens with zero attached hydrogens (tertiary/aromatic N) is 1. The van der Waals surface area contributed by atoms with Gasteiger partial charge in [-0.1, -0.05) is 13.3 Å². The number of nitrogens with two attached hydrogens (primary N) is 1. The minimum Gasteiger partial charge on any atom is -0.368 e. The highest BCUT2D eigenvalue weighted by molar-refractivity contribution is 7.14. The van der Waals surface area contributed by atoms with Crippen LogP contribution in [0.25, 0.3) is 0 Å². The molecule has 2 rings (SSSR count). The molecule has 0 fully saturated rings. The molecule has 0 aliphatic heterocycles. The van der Waals surface area contributed by atoms with Crippen molar-refractivity contribution >= 4 is 23.2 Å². The summed E-state index contributed by atoms with van der Waals surface area (Å²) in [4.78, 5) is 27.2. The van der Waals surface area contributed by atoms with E-state index in [1.54, 1.807) is 16.2 Å². The summed E-state index contributed by atoms with van der Waals surface area (Å²) in [7, 11) is 0. The number of unbranched alkanes of at least 4 members (excludes halogenated alkanes) is 1. The molecule has 0 radical (unpaired) electrons. The third-order valence-electron chi connectivity index (χ3n) is 3.37. The lowest BCUT2D eigenvalue weighted by Gasteiger charge is -2.20. The van der Waals surface area contributed by atoms with Gasteiger partial charge >= 0.3 is 0 Å². The first-order valence-corrected chi connectivity index (χ1v) is 7.62. The maximum atomic E-state index is 12.4. The number of rotatable bonds is 6. The summed E-state index contributed by atoms with van der Waals surface area (Å²) in [5.74, 6) is -0.500. The molecule has 0 aromatic carbocycles. The summed E-state index contributed by atoms with van der Waals surface area (Å²) in [5, 5.41) is 0. The van der Waals surface area contributed by atoms with E-state index in [0.717, 1.165) is 30.6 Å². The Bertz CT molecular complexity index is 460. The maximum Gasteiger partial charge on any atom is 0.264 e. The van der Waals surface area contributed by atoms with Crippen molar-refractivity contribution < 1.29 is 9.59 Å². The Hall–Kier alpha value is -1.36. The van der Waals surface area contributed by atoms with Gasteiger partial charge in [-0.15, -0.1) is 11.3 Å². The Balaban J connectivity index is 2.10. The van der Waals surface area contributed by atoms with Crippen molar-refractivity contribution in [1.29, 1.82) is 0 Å². The van der Waals surface area contributed by atoms with E-state index in [4.69, 9.17) is 5.73 Å². The molecule has 0 saturated carbocycles. The molecule has 0 atom stereocenters. The molecule has 2 N–H and O–H groups in total. The lowest BCUT2D eigenvalue weighted by atomic mass is 10.2. The van der Waals surface area contributed by atoms with E-state index < -0.39 is 5.91 Å². The van der Waals surface area contributed by atoms with E-state index in [2.05, 4.69) is 6.92 Å². The molecule has 5 heteroatoms. The van der Waals surface area contributed by atoms with Crippen molar-refractivity contribution in [3.8, 4) is 0 Å². The SMILES string of the molecule is CCCCN(CC(N)=O)C(=O)c1cc2c(s1)CCC2. The Morgan fingerprint density at radius 1 is 1.42 bits per heavy atom. The predicted octanol–water partition coefficient (Wildman–Crippen LogP) is 1.96. The molecule has 0 saturated heterocycles. The number of primary amides is 1. The molecule has 4 nitrogen and oxygen atoms in total. The van der Waals surface area contributed by atoms with Crippen LogP contribution in [-0.2, 0) is 17.6 Å². The van der Waals surface area contributed by atoms with Crippen LogP contribution in [0.4, 0.5) is 0 Å². The van der Waals surface area contributed by atoms with Crippen LogP contribution in [0.2, 0.25) is 0 Å². The highest BCUT2D eigenvalue weighted by Gasteiger charge is 2.22. The van der Waals surface area contributed by atoms with E-state index in [-0.39, 0.29) is 12.5 Å². The molecule has 2 amide bonds. The van der Waals surface area contributed by atoms with Gasteiger partial charge in [0.05, 0.1) is 11.4 Å². The zero-order valence-electron chi connectivity index (χ0n) is 11.3. The molecule has 1 aliphatic rings. The summed E-state index contributed by atoms with van der Waals surface area (Å²) < 4.78 is 0. The van der Waals surface area contributed by atoms with Crippen LogP contribution in [0.1, 0.15) is 46.3 Å². The number of amides is 2. The van der Waals surface area contributed by atoms with Gasteiger partial charge < -0.3 is 10.6 Å². The van der Waals surface area contributed by atoms with Gasteiger partial charge in [0.25, 0.3) is 5.91 Å². The molecule has 0 spiro atoms. The fourth-order valence-electron chi connectivity index (χ4n) is 2.38. The minimum atomic E-state index is -0.450. The number of hydrogen-bond acceptors (Lipinski definition) is 3. The smallest absolute Gasteiger partial charge is 0.264 e. The van der Waals surface area contributed by atoms with Crippen LogP contribution < -0.4 is 5.73 Å². The van der Waals surface area contributed by atoms with Crippen molar-refractivity contribution in [2.24, 2.45) is 5.73 Å². The molecule has 104 valence electrons. The molecular weight excluding hydrogens is 260 g/mol. The first-order valence-electron chi connectivity index (χ1n) is 6.81. The van der Waals surface area contributed by atoms with Crippen LogP contribution in [0.5, 0.6) is 0 Å². The van der Waals surface area contributed by atoms with E-state index in [1.165, 1.54) is 16.9 Å². The largest absolute Gasteiger partial charge is 0.368 e. The molecule has 0 bridgehead atoms. The van der Waals surface area contributed by atoms with Gasteiger partial charge in [-0.3, -0.25) is 9.59 Å². The molecule has 0 unspecified atom stereocenters. The minimum absolute atomic E-state index is 0.0153. The Labute approximate surface area is 117 Å². The van der Waals surface area contributed by atoms with Gasteiger partial charge in [0, 0.05) is 11.4 Å². The fraction of sp³-hybridized carbons (Fsp3) is 0.571. The van der Waals surface area contributed by atoms with Crippen LogP contribution in [0, 0.1) is 0 Å². The Morgan fingerprint density at radius 2 is 2.21 bits per heavy atom. The van der Waals surface area contributed by atoms with Crippen molar-refractivity contribution in [2.45, 2.75) is 39.0 Å². The summed E-state index contributed by atoms with van der Waals surface area (Å²) in [6, 6.07) is 2.00. The average molecular weight is 280 g/mol. The zero-order valence-corrected chi connectivity index (χ0v) is 12.1. The van der Waals surface area contributed by atoms with Gasteiger partial charge in [-0.05, 0) is 37.3 Å². The Morgan fingerprint density at radius 3 is 2.84 bits per heavy atom. The number of aryl methyl sites for hydroxylation is 2. The van der Waals surface area contributed by atoms with Gasteiger partial charge in [-0.2, -0.15) is 0 Å². The number of carbonyl (C=O) groups is 2. The molecule has 19 heavy (non-hydrogen) atoms. The second kappa shape index (κ2) is 6.19. The first kappa shape index (κ1) is 14.1. The summed E-state index contributed by atoms with van der Waals surface area (Å²) in [6.07, 6.45) is 5.23. The topological polar surface area (TPSA) is 63.4 Å². The molecule has 1 aromatic heterocycles. The third kappa shape index (κ3) is 3.35. The first-order chi connectivity index (χ1) is 9.11. The monoisotopic (exact) mass is 280 g/mol. The van der Waals surface area contributed by atoms with Gasteiger partial charge in [0.1, 0.15) is 0 Å². The highest BCUT2D eigenvalue weighted by Crippen LogP contribution is 2.31. The summed E-state index contributed by atoms with van der Waals surface area (Å²) >= 11 is 1.58. The van der Waals surface area contributed by atoms with Crippen LogP contribution in [-0.4, -0.2) is 29.8 Å². The van der Waals surface area contributed by atoms with E-state index in [0.29, 0.717) is 6.54 Å². The van der Waals surface area contributed by atoms with Gasteiger partial charge in [0.15, 0.2) is 0 Å². The van der Waals surface area contributed by atoms with Gasteiger partial charge in [-0.25, -0.2) is 0 Å². The van der Waals surface area contributed by atoms with Crippen molar-refractivity contribution in [2.75, 3.05) is 13.1 Å². The lowest BCUT2D eigenvalue weighted by molar-refractivity contribution is -0.118. The lowest BCUT2D eigenvalue weighted by Crippen LogP contribution is -2.38. The number of thiophene rings is 1.